The van der Waals surface area contributed by atoms with Crippen LogP contribution < -0.4 is 14.8 Å². The average molecular weight is 410 g/mol. The van der Waals surface area contributed by atoms with Crippen LogP contribution in [0.25, 0.3) is 16.8 Å². The summed E-state index contributed by atoms with van der Waals surface area (Å²) in [6.07, 6.45) is 1.37. The zero-order chi connectivity index (χ0) is 20.4. The Hall–Kier alpha value is -3.97. The first kappa shape index (κ1) is 18.4. The van der Waals surface area contributed by atoms with Gasteiger partial charge in [-0.1, -0.05) is 0 Å². The van der Waals surface area contributed by atoms with Crippen molar-refractivity contribution in [1.82, 2.24) is 4.98 Å². The molecule has 8 nitrogen and oxygen atoms in total. The summed E-state index contributed by atoms with van der Waals surface area (Å²) in [5.41, 5.74) is 1.34. The lowest BCUT2D eigenvalue weighted by Gasteiger charge is -2.02. The molecule has 2 aromatic carbocycles. The van der Waals surface area contributed by atoms with Crippen LogP contribution in [0.1, 0.15) is 5.01 Å². The summed E-state index contributed by atoms with van der Waals surface area (Å²) in [5.74, 6) is 0.366. The Balaban J connectivity index is 1.57. The molecule has 0 atom stereocenters. The summed E-state index contributed by atoms with van der Waals surface area (Å²) < 4.78 is 24.1. The molecule has 29 heavy (non-hydrogen) atoms. The van der Waals surface area contributed by atoms with Crippen molar-refractivity contribution in [3.8, 4) is 28.8 Å². The number of nitro groups is 1. The van der Waals surface area contributed by atoms with E-state index in [9.17, 15) is 19.8 Å². The fourth-order valence-corrected chi connectivity index (χ4v) is 3.42. The molecule has 2 heterocycles. The number of nitrogens with one attached hydrogen (secondary N) is 1. The van der Waals surface area contributed by atoms with Crippen LogP contribution in [-0.2, 0) is 0 Å². The maximum atomic E-state index is 13.4. The van der Waals surface area contributed by atoms with Gasteiger partial charge in [0.05, 0.1) is 10.6 Å². The van der Waals surface area contributed by atoms with E-state index in [-0.39, 0.29) is 18.1 Å². The standard InChI is InChI=1S/C19H11FN4O4S/c20-14-3-2-13(6-16(14)24(25)26)22-8-12(7-21)19-23-15(9-29-19)11-1-4-17-18(5-11)28-10-27-17/h1-6,8-9,22H,10H2/b12-8-. The Kier molecular flexibility index (Phi) is 4.80. The third kappa shape index (κ3) is 3.71. The SMILES string of the molecule is N#C/C(=C/Nc1ccc(F)c([N+](=O)[O-])c1)c1nc(-c2ccc3c(c2)OCO3)cs1. The Morgan fingerprint density at radius 1 is 1.31 bits per heavy atom. The molecule has 0 saturated carbocycles. The molecule has 0 saturated heterocycles. The van der Waals surface area contributed by atoms with Gasteiger partial charge in [0.25, 0.3) is 0 Å². The van der Waals surface area contributed by atoms with Crippen LogP contribution in [-0.4, -0.2) is 16.7 Å². The Bertz CT molecular complexity index is 1190. The van der Waals surface area contributed by atoms with Crippen molar-refractivity contribution < 1.29 is 18.8 Å². The van der Waals surface area contributed by atoms with E-state index in [4.69, 9.17) is 9.47 Å². The van der Waals surface area contributed by atoms with Crippen molar-refractivity contribution in [2.24, 2.45) is 0 Å². The summed E-state index contributed by atoms with van der Waals surface area (Å²) in [6, 6.07) is 10.9. The number of rotatable bonds is 5. The van der Waals surface area contributed by atoms with Gasteiger partial charge in [-0.3, -0.25) is 10.1 Å². The number of hydrogen-bond acceptors (Lipinski definition) is 8. The molecule has 0 bridgehead atoms. The predicted octanol–water partition coefficient (Wildman–Crippen LogP) is 4.56. The van der Waals surface area contributed by atoms with E-state index in [0.717, 1.165) is 17.7 Å². The second-order valence-corrected chi connectivity index (χ2v) is 6.70. The van der Waals surface area contributed by atoms with Crippen LogP contribution in [0.4, 0.5) is 15.8 Å². The molecule has 1 N–H and O–H groups in total. The topological polar surface area (TPSA) is 110 Å². The molecular weight excluding hydrogens is 399 g/mol. The molecule has 0 fully saturated rings. The molecule has 1 aliphatic heterocycles. The van der Waals surface area contributed by atoms with Crippen molar-refractivity contribution in [3.63, 3.8) is 0 Å². The van der Waals surface area contributed by atoms with E-state index in [1.165, 1.54) is 23.6 Å². The van der Waals surface area contributed by atoms with E-state index < -0.39 is 16.4 Å². The molecule has 4 rings (SSSR count). The minimum atomic E-state index is -0.932. The lowest BCUT2D eigenvalue weighted by atomic mass is 10.1. The van der Waals surface area contributed by atoms with Crippen molar-refractivity contribution in [3.05, 3.63) is 68.9 Å². The maximum absolute atomic E-state index is 13.4. The van der Waals surface area contributed by atoms with Crippen LogP contribution in [0.5, 0.6) is 11.5 Å². The number of allylic oxidation sites excluding steroid dienone is 1. The number of nitro benzene ring substituents is 1. The largest absolute Gasteiger partial charge is 0.454 e. The highest BCUT2D eigenvalue weighted by molar-refractivity contribution is 7.11. The van der Waals surface area contributed by atoms with Gasteiger partial charge in [0.1, 0.15) is 16.6 Å². The molecule has 10 heteroatoms. The quantitative estimate of drug-likeness (QED) is 0.373. The Morgan fingerprint density at radius 3 is 2.93 bits per heavy atom. The van der Waals surface area contributed by atoms with E-state index >= 15 is 0 Å². The summed E-state index contributed by atoms with van der Waals surface area (Å²) in [4.78, 5) is 14.5. The van der Waals surface area contributed by atoms with Gasteiger partial charge in [-0.05, 0) is 30.3 Å². The van der Waals surface area contributed by atoms with Gasteiger partial charge in [0.2, 0.25) is 12.6 Å². The summed E-state index contributed by atoms with van der Waals surface area (Å²) >= 11 is 1.27. The van der Waals surface area contributed by atoms with E-state index in [0.29, 0.717) is 22.2 Å². The molecule has 0 unspecified atom stereocenters. The van der Waals surface area contributed by atoms with Gasteiger partial charge in [0, 0.05) is 28.9 Å². The van der Waals surface area contributed by atoms with E-state index in [2.05, 4.69) is 10.3 Å². The monoisotopic (exact) mass is 410 g/mol. The molecule has 144 valence electrons. The predicted molar refractivity (Wildman–Crippen MR) is 104 cm³/mol. The number of nitriles is 1. The van der Waals surface area contributed by atoms with Gasteiger partial charge >= 0.3 is 5.69 Å². The first-order chi connectivity index (χ1) is 14.0. The molecule has 0 aliphatic carbocycles. The van der Waals surface area contributed by atoms with Crippen LogP contribution >= 0.6 is 11.3 Å². The minimum absolute atomic E-state index is 0.176. The number of ether oxygens (including phenoxy) is 2. The molecule has 0 amide bonds. The molecule has 1 aliphatic rings. The smallest absolute Gasteiger partial charge is 0.306 e. The lowest BCUT2D eigenvalue weighted by molar-refractivity contribution is -0.387. The molecule has 0 radical (unpaired) electrons. The maximum Gasteiger partial charge on any atom is 0.306 e. The molecular formula is C19H11FN4O4S. The second kappa shape index (κ2) is 7.57. The first-order valence-electron chi connectivity index (χ1n) is 8.22. The van der Waals surface area contributed by atoms with Crippen molar-refractivity contribution >= 4 is 28.3 Å². The Labute approximate surface area is 167 Å². The van der Waals surface area contributed by atoms with Gasteiger partial charge in [-0.15, -0.1) is 11.3 Å². The van der Waals surface area contributed by atoms with Crippen molar-refractivity contribution in [1.29, 1.82) is 5.26 Å². The highest BCUT2D eigenvalue weighted by Crippen LogP contribution is 2.36. The number of anilines is 1. The molecule has 3 aromatic rings. The van der Waals surface area contributed by atoms with E-state index in [1.807, 2.05) is 18.2 Å². The number of hydrogen-bond donors (Lipinski definition) is 1. The molecule has 1 aromatic heterocycles. The number of halogens is 1. The summed E-state index contributed by atoms with van der Waals surface area (Å²) in [5, 5.41) is 25.3. The summed E-state index contributed by atoms with van der Waals surface area (Å²) in [7, 11) is 0. The Morgan fingerprint density at radius 2 is 2.14 bits per heavy atom. The van der Waals surface area contributed by atoms with Crippen LogP contribution in [0.15, 0.2) is 48.0 Å². The fourth-order valence-electron chi connectivity index (χ4n) is 2.63. The van der Waals surface area contributed by atoms with Gasteiger partial charge in [0.15, 0.2) is 11.5 Å². The zero-order valence-corrected chi connectivity index (χ0v) is 15.4. The minimum Gasteiger partial charge on any atom is -0.454 e. The van der Waals surface area contributed by atoms with E-state index in [1.54, 1.807) is 11.4 Å². The lowest BCUT2D eigenvalue weighted by Crippen LogP contribution is -1.96. The highest BCUT2D eigenvalue weighted by atomic mass is 32.1. The van der Waals surface area contributed by atoms with Crippen LogP contribution in [0.3, 0.4) is 0 Å². The third-order valence-electron chi connectivity index (χ3n) is 4.05. The number of thiazole rings is 1. The molecule has 0 spiro atoms. The number of benzene rings is 2. The first-order valence-corrected chi connectivity index (χ1v) is 9.10. The zero-order valence-electron chi connectivity index (χ0n) is 14.6. The van der Waals surface area contributed by atoms with Crippen molar-refractivity contribution in [2.75, 3.05) is 12.1 Å². The van der Waals surface area contributed by atoms with Gasteiger partial charge in [-0.2, -0.15) is 9.65 Å². The number of aromatic nitrogens is 1. The normalized spacial score (nSPS) is 12.5. The fraction of sp³-hybridized carbons (Fsp3) is 0.0526. The number of nitrogens with zero attached hydrogens (tertiary/aromatic N) is 3. The van der Waals surface area contributed by atoms with Crippen molar-refractivity contribution in [2.45, 2.75) is 0 Å². The summed E-state index contributed by atoms with van der Waals surface area (Å²) in [6.45, 7) is 0.176. The highest BCUT2D eigenvalue weighted by Gasteiger charge is 2.16. The average Bonchev–Trinajstić information content (AvgIpc) is 3.38. The van der Waals surface area contributed by atoms with Gasteiger partial charge < -0.3 is 14.8 Å². The number of fused-ring (bicyclic) bond motifs is 1. The van der Waals surface area contributed by atoms with Crippen LogP contribution in [0.2, 0.25) is 0 Å². The van der Waals surface area contributed by atoms with Crippen LogP contribution in [0, 0.1) is 27.3 Å². The third-order valence-corrected chi connectivity index (χ3v) is 4.92. The van der Waals surface area contributed by atoms with Gasteiger partial charge in [-0.25, -0.2) is 4.98 Å². The second-order valence-electron chi connectivity index (χ2n) is 5.84.